The molecule has 0 aliphatic carbocycles. The molecule has 0 spiro atoms. The van der Waals surface area contributed by atoms with Gasteiger partial charge in [-0.05, 0) is 32.4 Å². The summed E-state index contributed by atoms with van der Waals surface area (Å²) in [5.74, 6) is -0.485. The fraction of sp³-hybridized carbons (Fsp3) is 0.353. The van der Waals surface area contributed by atoms with E-state index in [4.69, 9.17) is 0 Å². The van der Waals surface area contributed by atoms with Gasteiger partial charge in [-0.3, -0.25) is 19.5 Å². The number of rotatable bonds is 6. The molecule has 1 aliphatic rings. The zero-order valence-corrected chi connectivity index (χ0v) is 15.3. The highest BCUT2D eigenvalue weighted by Gasteiger charge is 2.43. The molecule has 2 aromatic rings. The van der Waals surface area contributed by atoms with Gasteiger partial charge in [-0.25, -0.2) is 9.78 Å². The molecule has 9 heteroatoms. The standard InChI is InChI=1S/C17H19N5O3S/c1-17(2)14(24)22(16(25)21-17)9-5-7-13(23)20-15-19-12(10-26-15)11-6-3-4-8-18-11/h3-4,6,8,10H,5,7,9H2,1-2H3,(H,21,25)(H,19,20,23). The molecule has 0 atom stereocenters. The summed E-state index contributed by atoms with van der Waals surface area (Å²) < 4.78 is 0. The molecule has 1 saturated heterocycles. The van der Waals surface area contributed by atoms with Crippen molar-refractivity contribution in [3.05, 3.63) is 29.8 Å². The summed E-state index contributed by atoms with van der Waals surface area (Å²) >= 11 is 1.32. The lowest BCUT2D eigenvalue weighted by atomic mass is 10.1. The fourth-order valence-corrected chi connectivity index (χ4v) is 3.28. The van der Waals surface area contributed by atoms with Crippen LogP contribution in [0.25, 0.3) is 11.4 Å². The SMILES string of the molecule is CC1(C)NC(=O)N(CCCC(=O)Nc2nc(-c3ccccn3)cs2)C1=O. The van der Waals surface area contributed by atoms with Gasteiger partial charge in [-0.15, -0.1) is 11.3 Å². The van der Waals surface area contributed by atoms with E-state index < -0.39 is 11.6 Å². The van der Waals surface area contributed by atoms with Crippen molar-refractivity contribution in [3.8, 4) is 11.4 Å². The van der Waals surface area contributed by atoms with Gasteiger partial charge in [0, 0.05) is 24.5 Å². The molecular formula is C17H19N5O3S. The van der Waals surface area contributed by atoms with E-state index in [-0.39, 0.29) is 24.8 Å². The lowest BCUT2D eigenvalue weighted by Crippen LogP contribution is -2.40. The zero-order chi connectivity index (χ0) is 18.7. The molecule has 0 aromatic carbocycles. The van der Waals surface area contributed by atoms with E-state index in [0.717, 1.165) is 10.6 Å². The summed E-state index contributed by atoms with van der Waals surface area (Å²) in [5, 5.41) is 7.66. The highest BCUT2D eigenvalue weighted by atomic mass is 32.1. The Hall–Kier alpha value is -2.81. The Labute approximate surface area is 154 Å². The number of pyridine rings is 1. The number of hydrogen-bond donors (Lipinski definition) is 2. The molecule has 1 aliphatic heterocycles. The van der Waals surface area contributed by atoms with Gasteiger partial charge in [0.05, 0.1) is 5.69 Å². The van der Waals surface area contributed by atoms with Crippen LogP contribution in [0.5, 0.6) is 0 Å². The van der Waals surface area contributed by atoms with Gasteiger partial charge in [0.15, 0.2) is 5.13 Å². The van der Waals surface area contributed by atoms with E-state index in [1.807, 2.05) is 23.6 Å². The summed E-state index contributed by atoms with van der Waals surface area (Å²) in [7, 11) is 0. The summed E-state index contributed by atoms with van der Waals surface area (Å²) in [6.45, 7) is 3.52. The number of amides is 4. The lowest BCUT2D eigenvalue weighted by molar-refractivity contribution is -0.130. The average Bonchev–Trinajstić information content (AvgIpc) is 3.13. The van der Waals surface area contributed by atoms with Crippen molar-refractivity contribution < 1.29 is 14.4 Å². The van der Waals surface area contributed by atoms with Crippen LogP contribution in [0.15, 0.2) is 29.8 Å². The summed E-state index contributed by atoms with van der Waals surface area (Å²) in [4.78, 5) is 45.6. The number of urea groups is 1. The fourth-order valence-electron chi connectivity index (χ4n) is 2.56. The van der Waals surface area contributed by atoms with Crippen LogP contribution in [0.2, 0.25) is 0 Å². The Bertz CT molecular complexity index is 834. The topological polar surface area (TPSA) is 104 Å². The maximum atomic E-state index is 12.1. The van der Waals surface area contributed by atoms with Crippen molar-refractivity contribution in [1.82, 2.24) is 20.2 Å². The van der Waals surface area contributed by atoms with Gasteiger partial charge in [0.2, 0.25) is 5.91 Å². The molecule has 8 nitrogen and oxygen atoms in total. The van der Waals surface area contributed by atoms with E-state index in [9.17, 15) is 14.4 Å². The third-order valence-electron chi connectivity index (χ3n) is 3.91. The Morgan fingerprint density at radius 2 is 2.12 bits per heavy atom. The van der Waals surface area contributed by atoms with Crippen LogP contribution in [0.3, 0.4) is 0 Å². The van der Waals surface area contributed by atoms with E-state index in [0.29, 0.717) is 17.2 Å². The molecule has 3 heterocycles. The second-order valence-electron chi connectivity index (χ2n) is 6.42. The first-order valence-corrected chi connectivity index (χ1v) is 9.06. The normalized spacial score (nSPS) is 15.8. The molecule has 1 fully saturated rings. The van der Waals surface area contributed by atoms with Gasteiger partial charge < -0.3 is 10.6 Å². The number of aromatic nitrogens is 2. The number of nitrogens with zero attached hydrogens (tertiary/aromatic N) is 3. The Kier molecular flexibility index (Phi) is 4.99. The highest BCUT2D eigenvalue weighted by molar-refractivity contribution is 7.14. The van der Waals surface area contributed by atoms with E-state index >= 15 is 0 Å². The molecule has 0 unspecified atom stereocenters. The first-order valence-electron chi connectivity index (χ1n) is 8.18. The van der Waals surface area contributed by atoms with Crippen molar-refractivity contribution in [2.24, 2.45) is 0 Å². The molecule has 2 aromatic heterocycles. The van der Waals surface area contributed by atoms with Crippen LogP contribution in [-0.4, -0.2) is 44.8 Å². The van der Waals surface area contributed by atoms with Crippen molar-refractivity contribution in [2.45, 2.75) is 32.2 Å². The Morgan fingerprint density at radius 3 is 2.77 bits per heavy atom. The molecule has 0 bridgehead atoms. The Morgan fingerprint density at radius 1 is 1.31 bits per heavy atom. The van der Waals surface area contributed by atoms with Gasteiger partial charge in [-0.2, -0.15) is 0 Å². The van der Waals surface area contributed by atoms with Gasteiger partial charge in [-0.1, -0.05) is 6.07 Å². The van der Waals surface area contributed by atoms with Crippen LogP contribution in [-0.2, 0) is 9.59 Å². The molecule has 4 amide bonds. The summed E-state index contributed by atoms with van der Waals surface area (Å²) in [6, 6.07) is 5.13. The lowest BCUT2D eigenvalue weighted by Gasteiger charge is -2.15. The minimum atomic E-state index is -0.887. The summed E-state index contributed by atoms with van der Waals surface area (Å²) in [5.41, 5.74) is 0.556. The number of carbonyl (C=O) groups is 3. The molecule has 0 saturated carbocycles. The summed E-state index contributed by atoms with van der Waals surface area (Å²) in [6.07, 6.45) is 2.26. The highest BCUT2D eigenvalue weighted by Crippen LogP contribution is 2.23. The predicted octanol–water partition coefficient (Wildman–Crippen LogP) is 2.25. The van der Waals surface area contributed by atoms with Crippen LogP contribution in [0, 0.1) is 0 Å². The second-order valence-corrected chi connectivity index (χ2v) is 7.27. The maximum absolute atomic E-state index is 12.1. The van der Waals surface area contributed by atoms with Crippen LogP contribution < -0.4 is 10.6 Å². The number of anilines is 1. The molecule has 2 N–H and O–H groups in total. The number of hydrogen-bond acceptors (Lipinski definition) is 6. The van der Waals surface area contributed by atoms with E-state index in [1.165, 1.54) is 11.3 Å². The van der Waals surface area contributed by atoms with Gasteiger partial charge in [0.25, 0.3) is 5.91 Å². The van der Waals surface area contributed by atoms with E-state index in [2.05, 4.69) is 20.6 Å². The molecule has 3 rings (SSSR count). The number of nitrogens with one attached hydrogen (secondary N) is 2. The number of imide groups is 1. The van der Waals surface area contributed by atoms with Crippen molar-refractivity contribution in [1.29, 1.82) is 0 Å². The minimum Gasteiger partial charge on any atom is -0.324 e. The van der Waals surface area contributed by atoms with Crippen LogP contribution in [0.1, 0.15) is 26.7 Å². The first kappa shape index (κ1) is 18.0. The quantitative estimate of drug-likeness (QED) is 0.756. The molecular weight excluding hydrogens is 354 g/mol. The van der Waals surface area contributed by atoms with Crippen molar-refractivity contribution >= 4 is 34.3 Å². The third-order valence-corrected chi connectivity index (χ3v) is 4.67. The van der Waals surface area contributed by atoms with E-state index in [1.54, 1.807) is 20.0 Å². The van der Waals surface area contributed by atoms with Crippen LogP contribution in [0.4, 0.5) is 9.93 Å². The molecule has 0 radical (unpaired) electrons. The maximum Gasteiger partial charge on any atom is 0.325 e. The molecule has 136 valence electrons. The van der Waals surface area contributed by atoms with Gasteiger partial charge in [0.1, 0.15) is 11.2 Å². The Balaban J connectivity index is 1.49. The largest absolute Gasteiger partial charge is 0.325 e. The second kappa shape index (κ2) is 7.20. The molecule has 26 heavy (non-hydrogen) atoms. The van der Waals surface area contributed by atoms with Gasteiger partial charge >= 0.3 is 6.03 Å². The monoisotopic (exact) mass is 373 g/mol. The van der Waals surface area contributed by atoms with Crippen molar-refractivity contribution in [3.63, 3.8) is 0 Å². The van der Waals surface area contributed by atoms with Crippen molar-refractivity contribution in [2.75, 3.05) is 11.9 Å². The average molecular weight is 373 g/mol. The minimum absolute atomic E-state index is 0.190. The number of carbonyl (C=O) groups excluding carboxylic acids is 3. The predicted molar refractivity (Wildman–Crippen MR) is 97.5 cm³/mol. The first-order chi connectivity index (χ1) is 12.4. The zero-order valence-electron chi connectivity index (χ0n) is 14.5. The van der Waals surface area contributed by atoms with Crippen LogP contribution >= 0.6 is 11.3 Å². The third kappa shape index (κ3) is 3.88. The number of thiazole rings is 1. The smallest absolute Gasteiger partial charge is 0.324 e.